The van der Waals surface area contributed by atoms with E-state index in [1.165, 1.54) is 0 Å². The lowest BCUT2D eigenvalue weighted by Gasteiger charge is -2.38. The van der Waals surface area contributed by atoms with Crippen LogP contribution in [0, 0.1) is 18.1 Å². The lowest BCUT2D eigenvalue weighted by Crippen LogP contribution is -2.55. The monoisotopic (exact) mass is 285 g/mol. The SMILES string of the molecule is CC.Cc1cc(C#CS)nc(CN2CC(F)(F)C2)n1. The smallest absolute Gasteiger partial charge is 0.272 e. The van der Waals surface area contributed by atoms with E-state index < -0.39 is 5.92 Å². The molecule has 0 aromatic carbocycles. The molecule has 0 saturated carbocycles. The number of halogens is 2. The largest absolute Gasteiger partial charge is 0.284 e. The van der Waals surface area contributed by atoms with E-state index in [1.54, 1.807) is 11.0 Å². The first-order valence-corrected chi connectivity index (χ1v) is 6.53. The lowest BCUT2D eigenvalue weighted by atomic mass is 10.1. The van der Waals surface area contributed by atoms with Crippen molar-refractivity contribution in [2.24, 2.45) is 0 Å². The van der Waals surface area contributed by atoms with Crippen molar-refractivity contribution in [2.75, 3.05) is 13.1 Å². The Morgan fingerprint density at radius 3 is 2.53 bits per heavy atom. The Morgan fingerprint density at radius 2 is 2.00 bits per heavy atom. The normalized spacial score (nSPS) is 16.5. The highest BCUT2D eigenvalue weighted by Crippen LogP contribution is 2.27. The number of nitrogens with zero attached hydrogens (tertiary/aromatic N) is 3. The lowest BCUT2D eigenvalue weighted by molar-refractivity contribution is -0.134. The second kappa shape index (κ2) is 6.83. The maximum atomic E-state index is 12.7. The van der Waals surface area contributed by atoms with E-state index in [-0.39, 0.29) is 13.1 Å². The zero-order chi connectivity index (χ0) is 14.5. The number of likely N-dealkylation sites (tertiary alicyclic amines) is 1. The van der Waals surface area contributed by atoms with Gasteiger partial charge in [-0.1, -0.05) is 26.5 Å². The molecule has 1 aliphatic rings. The molecule has 0 spiro atoms. The van der Waals surface area contributed by atoms with Crippen molar-refractivity contribution in [1.29, 1.82) is 0 Å². The third-order valence-electron chi connectivity index (χ3n) is 2.36. The fourth-order valence-corrected chi connectivity index (χ4v) is 1.86. The average Bonchev–Trinajstić information content (AvgIpc) is 2.29. The number of aromatic nitrogens is 2. The first kappa shape index (κ1) is 15.9. The van der Waals surface area contributed by atoms with Gasteiger partial charge in [0, 0.05) is 5.69 Å². The van der Waals surface area contributed by atoms with Crippen LogP contribution in [-0.2, 0) is 6.54 Å². The molecule has 1 saturated heterocycles. The van der Waals surface area contributed by atoms with Gasteiger partial charge < -0.3 is 0 Å². The van der Waals surface area contributed by atoms with Crippen molar-refractivity contribution in [1.82, 2.24) is 14.9 Å². The van der Waals surface area contributed by atoms with Crippen molar-refractivity contribution < 1.29 is 8.78 Å². The van der Waals surface area contributed by atoms with Crippen molar-refractivity contribution >= 4 is 12.6 Å². The van der Waals surface area contributed by atoms with E-state index in [9.17, 15) is 8.78 Å². The molecule has 0 aliphatic carbocycles. The summed E-state index contributed by atoms with van der Waals surface area (Å²) in [6, 6.07) is 1.73. The predicted molar refractivity (Wildman–Crippen MR) is 74.2 cm³/mol. The second-order valence-corrected chi connectivity index (χ2v) is 4.27. The fourth-order valence-electron chi connectivity index (χ4n) is 1.74. The number of hydrogen-bond acceptors (Lipinski definition) is 4. The minimum Gasteiger partial charge on any atom is -0.284 e. The van der Waals surface area contributed by atoms with Crippen LogP contribution in [-0.4, -0.2) is 33.9 Å². The Labute approximate surface area is 117 Å². The van der Waals surface area contributed by atoms with Crippen molar-refractivity contribution in [3.8, 4) is 11.2 Å². The summed E-state index contributed by atoms with van der Waals surface area (Å²) < 4.78 is 25.3. The quantitative estimate of drug-likeness (QED) is 0.668. The molecule has 6 heteroatoms. The van der Waals surface area contributed by atoms with Crippen molar-refractivity contribution in [3.05, 3.63) is 23.3 Å². The molecule has 0 bridgehead atoms. The molecule has 104 valence electrons. The van der Waals surface area contributed by atoms with Crippen LogP contribution in [0.5, 0.6) is 0 Å². The van der Waals surface area contributed by atoms with Crippen molar-refractivity contribution in [2.45, 2.75) is 33.2 Å². The van der Waals surface area contributed by atoms with Crippen LogP contribution in [0.15, 0.2) is 6.07 Å². The number of alkyl halides is 2. The molecule has 1 aromatic rings. The predicted octanol–water partition coefficient (Wildman–Crippen LogP) is 2.50. The van der Waals surface area contributed by atoms with Crippen LogP contribution in [0.4, 0.5) is 8.78 Å². The minimum atomic E-state index is -2.56. The molecule has 1 aromatic heterocycles. The third-order valence-corrected chi connectivity index (χ3v) is 2.47. The Kier molecular flexibility index (Phi) is 5.70. The van der Waals surface area contributed by atoms with Gasteiger partial charge in [-0.3, -0.25) is 4.90 Å². The van der Waals surface area contributed by atoms with Gasteiger partial charge in [0.25, 0.3) is 5.92 Å². The molecular formula is C13H17F2N3S. The standard InChI is InChI=1S/C11H11F2N3S.C2H6/c1-8-4-9(2-3-17)15-10(14-8)5-16-6-11(12,13)7-16;1-2/h4,17H,5-7H2,1H3;1-2H3. The van der Waals surface area contributed by atoms with E-state index in [0.29, 0.717) is 18.1 Å². The summed E-state index contributed by atoms with van der Waals surface area (Å²) >= 11 is 3.79. The van der Waals surface area contributed by atoms with E-state index in [4.69, 9.17) is 0 Å². The van der Waals surface area contributed by atoms with Gasteiger partial charge in [0.2, 0.25) is 0 Å². The zero-order valence-corrected chi connectivity index (χ0v) is 12.1. The minimum absolute atomic E-state index is 0.224. The molecule has 1 aliphatic heterocycles. The molecule has 0 atom stereocenters. The molecule has 0 amide bonds. The van der Waals surface area contributed by atoms with Gasteiger partial charge in [-0.2, -0.15) is 0 Å². The molecule has 0 radical (unpaired) electrons. The average molecular weight is 285 g/mol. The summed E-state index contributed by atoms with van der Waals surface area (Å²) in [6.07, 6.45) is 0. The Morgan fingerprint density at radius 1 is 1.37 bits per heavy atom. The van der Waals surface area contributed by atoms with Gasteiger partial charge >= 0.3 is 0 Å². The molecule has 2 rings (SSSR count). The van der Waals surface area contributed by atoms with Gasteiger partial charge in [0.05, 0.1) is 19.6 Å². The molecule has 19 heavy (non-hydrogen) atoms. The highest BCUT2D eigenvalue weighted by molar-refractivity contribution is 7.85. The van der Waals surface area contributed by atoms with E-state index in [2.05, 4.69) is 33.8 Å². The molecule has 0 unspecified atom stereocenters. The maximum absolute atomic E-state index is 12.7. The fraction of sp³-hybridized carbons (Fsp3) is 0.538. The molecule has 2 heterocycles. The van der Waals surface area contributed by atoms with Gasteiger partial charge in [0.15, 0.2) is 0 Å². The van der Waals surface area contributed by atoms with Gasteiger partial charge in [-0.25, -0.2) is 18.7 Å². The van der Waals surface area contributed by atoms with E-state index >= 15 is 0 Å². The number of aryl methyl sites for hydroxylation is 1. The van der Waals surface area contributed by atoms with Crippen LogP contribution in [0.1, 0.15) is 31.1 Å². The highest BCUT2D eigenvalue weighted by Gasteiger charge is 2.43. The third kappa shape index (κ3) is 4.77. The Balaban J connectivity index is 0.000000861. The van der Waals surface area contributed by atoms with E-state index in [1.807, 2.05) is 20.8 Å². The molecule has 1 fully saturated rings. The summed E-state index contributed by atoms with van der Waals surface area (Å²) in [7, 11) is 0. The number of thiol groups is 1. The van der Waals surface area contributed by atoms with Crippen LogP contribution in [0.25, 0.3) is 0 Å². The Hall–Kier alpha value is -1.19. The van der Waals surface area contributed by atoms with Crippen molar-refractivity contribution in [3.63, 3.8) is 0 Å². The first-order chi connectivity index (χ1) is 8.98. The number of hydrogen-bond donors (Lipinski definition) is 1. The summed E-state index contributed by atoms with van der Waals surface area (Å²) in [5.74, 6) is 0.673. The zero-order valence-electron chi connectivity index (χ0n) is 11.2. The topological polar surface area (TPSA) is 29.0 Å². The summed E-state index contributed by atoms with van der Waals surface area (Å²) in [5.41, 5.74) is 1.34. The maximum Gasteiger partial charge on any atom is 0.272 e. The summed E-state index contributed by atoms with van der Waals surface area (Å²) in [4.78, 5) is 9.97. The van der Waals surface area contributed by atoms with Gasteiger partial charge in [0.1, 0.15) is 11.5 Å². The van der Waals surface area contributed by atoms with Crippen LogP contribution in [0.2, 0.25) is 0 Å². The summed E-state index contributed by atoms with van der Waals surface area (Å²) in [6.45, 7) is 5.70. The van der Waals surface area contributed by atoms with Crippen LogP contribution in [0.3, 0.4) is 0 Å². The molecule has 3 nitrogen and oxygen atoms in total. The van der Waals surface area contributed by atoms with Gasteiger partial charge in [-0.15, -0.1) is 0 Å². The first-order valence-electron chi connectivity index (χ1n) is 6.08. The van der Waals surface area contributed by atoms with E-state index in [0.717, 1.165) is 5.69 Å². The molecule has 0 N–H and O–H groups in total. The highest BCUT2D eigenvalue weighted by atomic mass is 32.1. The van der Waals surface area contributed by atoms with Crippen LogP contribution >= 0.6 is 12.6 Å². The molecular weight excluding hydrogens is 268 g/mol. The number of rotatable bonds is 2. The Bertz CT molecular complexity index is 486. The van der Waals surface area contributed by atoms with Crippen LogP contribution < -0.4 is 0 Å². The summed E-state index contributed by atoms with van der Waals surface area (Å²) in [5, 5.41) is 2.45. The van der Waals surface area contributed by atoms with Gasteiger partial charge in [-0.05, 0) is 24.2 Å². The second-order valence-electron chi connectivity index (χ2n) is 4.05.